The van der Waals surface area contributed by atoms with Crippen molar-refractivity contribution in [1.82, 2.24) is 4.57 Å². The second-order valence-corrected chi connectivity index (χ2v) is 5.40. The van der Waals surface area contributed by atoms with E-state index in [1.54, 1.807) is 7.11 Å². The van der Waals surface area contributed by atoms with Crippen molar-refractivity contribution in [3.05, 3.63) is 29.5 Å². The number of methoxy groups -OCH3 is 1. The lowest BCUT2D eigenvalue weighted by atomic mass is 9.84. The zero-order valence-corrected chi connectivity index (χ0v) is 12.1. The van der Waals surface area contributed by atoms with Crippen molar-refractivity contribution in [2.75, 3.05) is 13.8 Å². The van der Waals surface area contributed by atoms with Gasteiger partial charge in [0.25, 0.3) is 0 Å². The molecular weight excluding hydrogens is 271 g/mol. The fraction of sp³-hybridized carbons (Fsp3) is 0.438. The van der Waals surface area contributed by atoms with Crippen LogP contribution in [0.1, 0.15) is 30.0 Å². The van der Waals surface area contributed by atoms with E-state index in [4.69, 9.17) is 10.5 Å². The highest BCUT2D eigenvalue weighted by atomic mass is 19.1. The standard InChI is InChI=1S/C16H19FN2O2/c1-21-13-7-3-6-12-15(13)14-10(16(18)20)4-2-5-11(14)19(12)9-8-17/h3,6-7,10H,2,4-5,8-9H2,1H3,(H2,18,20). The van der Waals surface area contributed by atoms with Crippen LogP contribution in [-0.2, 0) is 17.8 Å². The van der Waals surface area contributed by atoms with Crippen LogP contribution >= 0.6 is 0 Å². The Balaban J connectivity index is 2.36. The van der Waals surface area contributed by atoms with Gasteiger partial charge in [0.05, 0.1) is 25.1 Å². The molecule has 1 aliphatic rings. The molecule has 1 heterocycles. The Morgan fingerprint density at radius 1 is 1.52 bits per heavy atom. The Kier molecular flexibility index (Phi) is 3.57. The number of rotatable bonds is 4. The third-order valence-corrected chi connectivity index (χ3v) is 4.33. The molecule has 1 aliphatic carbocycles. The number of alkyl halides is 1. The lowest BCUT2D eigenvalue weighted by molar-refractivity contribution is -0.119. The summed E-state index contributed by atoms with van der Waals surface area (Å²) >= 11 is 0. The Morgan fingerprint density at radius 3 is 3.00 bits per heavy atom. The maximum Gasteiger partial charge on any atom is 0.225 e. The molecule has 0 saturated carbocycles. The number of amides is 1. The molecule has 2 N–H and O–H groups in total. The van der Waals surface area contributed by atoms with Crippen molar-refractivity contribution >= 4 is 16.8 Å². The molecule has 1 aromatic heterocycles. The molecule has 3 rings (SSSR count). The van der Waals surface area contributed by atoms with E-state index >= 15 is 0 Å². The molecule has 4 nitrogen and oxygen atoms in total. The minimum absolute atomic E-state index is 0.296. The fourth-order valence-electron chi connectivity index (χ4n) is 3.51. The third-order valence-electron chi connectivity index (χ3n) is 4.33. The van der Waals surface area contributed by atoms with Crippen molar-refractivity contribution in [3.8, 4) is 5.75 Å². The first kappa shape index (κ1) is 13.9. The second-order valence-electron chi connectivity index (χ2n) is 5.40. The summed E-state index contributed by atoms with van der Waals surface area (Å²) in [6, 6.07) is 5.71. The Hall–Kier alpha value is -2.04. The van der Waals surface area contributed by atoms with Crippen LogP contribution in [0.3, 0.4) is 0 Å². The summed E-state index contributed by atoms with van der Waals surface area (Å²) in [5.41, 5.74) is 8.48. The SMILES string of the molecule is COc1cccc2c1c1c(n2CCF)CCCC1C(N)=O. The first-order chi connectivity index (χ1) is 10.2. The van der Waals surface area contributed by atoms with Crippen LogP contribution in [0, 0.1) is 0 Å². The quantitative estimate of drug-likeness (QED) is 0.940. The van der Waals surface area contributed by atoms with Crippen LogP contribution in [0.4, 0.5) is 4.39 Å². The van der Waals surface area contributed by atoms with Gasteiger partial charge in [-0.2, -0.15) is 0 Å². The summed E-state index contributed by atoms with van der Waals surface area (Å²) in [5.74, 6) is 0.0871. The average molecular weight is 290 g/mol. The van der Waals surface area contributed by atoms with Gasteiger partial charge >= 0.3 is 0 Å². The molecule has 0 saturated heterocycles. The van der Waals surface area contributed by atoms with Gasteiger partial charge in [-0.15, -0.1) is 0 Å². The minimum atomic E-state index is -0.436. The van der Waals surface area contributed by atoms with E-state index in [0.29, 0.717) is 6.54 Å². The summed E-state index contributed by atoms with van der Waals surface area (Å²) in [7, 11) is 1.61. The first-order valence-corrected chi connectivity index (χ1v) is 7.22. The predicted octanol–water partition coefficient (Wildman–Crippen LogP) is 2.52. The van der Waals surface area contributed by atoms with Crippen molar-refractivity contribution in [1.29, 1.82) is 0 Å². The highest BCUT2D eigenvalue weighted by Gasteiger charge is 2.32. The van der Waals surface area contributed by atoms with Crippen LogP contribution < -0.4 is 10.5 Å². The third kappa shape index (κ3) is 2.07. The number of nitrogens with two attached hydrogens (primary N) is 1. The lowest BCUT2D eigenvalue weighted by Gasteiger charge is -2.22. The lowest BCUT2D eigenvalue weighted by Crippen LogP contribution is -2.25. The van der Waals surface area contributed by atoms with Crippen LogP contribution in [0.25, 0.3) is 10.9 Å². The monoisotopic (exact) mass is 290 g/mol. The molecule has 0 bridgehead atoms. The van der Waals surface area contributed by atoms with Crippen LogP contribution in [0.15, 0.2) is 18.2 Å². The van der Waals surface area contributed by atoms with Gasteiger partial charge in [-0.1, -0.05) is 6.07 Å². The van der Waals surface area contributed by atoms with Gasteiger partial charge in [0.1, 0.15) is 12.4 Å². The highest BCUT2D eigenvalue weighted by Crippen LogP contribution is 2.42. The van der Waals surface area contributed by atoms with Crippen molar-refractivity contribution in [3.63, 3.8) is 0 Å². The smallest absolute Gasteiger partial charge is 0.225 e. The van der Waals surface area contributed by atoms with Crippen LogP contribution in [0.5, 0.6) is 5.75 Å². The number of benzene rings is 1. The molecule has 0 aliphatic heterocycles. The summed E-state index contributed by atoms with van der Waals surface area (Å²) in [4.78, 5) is 11.8. The first-order valence-electron chi connectivity index (χ1n) is 7.22. The molecular formula is C16H19FN2O2. The number of aryl methyl sites for hydroxylation is 1. The van der Waals surface area contributed by atoms with E-state index in [2.05, 4.69) is 0 Å². The predicted molar refractivity (Wildman–Crippen MR) is 79.3 cm³/mol. The molecule has 21 heavy (non-hydrogen) atoms. The maximum atomic E-state index is 12.9. The van der Waals surface area contributed by atoms with Gasteiger partial charge in [0.15, 0.2) is 0 Å². The van der Waals surface area contributed by atoms with Gasteiger partial charge < -0.3 is 15.0 Å². The largest absolute Gasteiger partial charge is 0.496 e. The summed E-state index contributed by atoms with van der Waals surface area (Å²) in [6.07, 6.45) is 2.48. The molecule has 1 atom stereocenters. The summed E-state index contributed by atoms with van der Waals surface area (Å²) in [6.45, 7) is -0.140. The molecule has 1 amide bonds. The zero-order chi connectivity index (χ0) is 15.0. The van der Waals surface area contributed by atoms with E-state index < -0.39 is 6.67 Å². The number of carbonyl (C=O) groups excluding carboxylic acids is 1. The number of ether oxygens (including phenoxy) is 1. The van der Waals surface area contributed by atoms with E-state index in [1.165, 1.54) is 0 Å². The Bertz CT molecular complexity index is 693. The van der Waals surface area contributed by atoms with Crippen molar-refractivity contribution in [2.24, 2.45) is 5.73 Å². The fourth-order valence-corrected chi connectivity index (χ4v) is 3.51. The minimum Gasteiger partial charge on any atom is -0.496 e. The van der Waals surface area contributed by atoms with Gasteiger partial charge in [0.2, 0.25) is 5.91 Å². The number of nitrogens with zero attached hydrogens (tertiary/aromatic N) is 1. The molecule has 0 radical (unpaired) electrons. The summed E-state index contributed by atoms with van der Waals surface area (Å²) < 4.78 is 20.4. The molecule has 2 aromatic rings. The maximum absolute atomic E-state index is 12.9. The highest BCUT2D eigenvalue weighted by molar-refractivity contribution is 5.97. The van der Waals surface area contributed by atoms with Crippen molar-refractivity contribution in [2.45, 2.75) is 31.7 Å². The number of aromatic nitrogens is 1. The van der Waals surface area contributed by atoms with Gasteiger partial charge in [-0.25, -0.2) is 4.39 Å². The normalized spacial score (nSPS) is 17.7. The topological polar surface area (TPSA) is 57.2 Å². The van der Waals surface area contributed by atoms with Gasteiger partial charge in [0, 0.05) is 11.1 Å². The Morgan fingerprint density at radius 2 is 2.33 bits per heavy atom. The van der Waals surface area contributed by atoms with Crippen LogP contribution in [0.2, 0.25) is 0 Å². The van der Waals surface area contributed by atoms with E-state index in [1.807, 2.05) is 22.8 Å². The second kappa shape index (κ2) is 5.39. The number of halogens is 1. The van der Waals surface area contributed by atoms with E-state index in [-0.39, 0.29) is 11.8 Å². The van der Waals surface area contributed by atoms with Crippen molar-refractivity contribution < 1.29 is 13.9 Å². The number of hydrogen-bond acceptors (Lipinski definition) is 2. The molecule has 1 aromatic carbocycles. The summed E-state index contributed by atoms with van der Waals surface area (Å²) in [5, 5.41) is 0.909. The molecule has 112 valence electrons. The van der Waals surface area contributed by atoms with E-state index in [0.717, 1.165) is 47.2 Å². The van der Waals surface area contributed by atoms with E-state index in [9.17, 15) is 9.18 Å². The molecule has 0 spiro atoms. The number of carbonyl (C=O) groups is 1. The molecule has 5 heteroatoms. The Labute approximate surface area is 122 Å². The molecule has 0 fully saturated rings. The average Bonchev–Trinajstić information content (AvgIpc) is 2.82. The van der Waals surface area contributed by atoms with Crippen LogP contribution in [-0.4, -0.2) is 24.3 Å². The number of primary amides is 1. The number of fused-ring (bicyclic) bond motifs is 3. The zero-order valence-electron chi connectivity index (χ0n) is 12.1. The number of hydrogen-bond donors (Lipinski definition) is 1. The van der Waals surface area contributed by atoms with Gasteiger partial charge in [-0.05, 0) is 37.0 Å². The van der Waals surface area contributed by atoms with Gasteiger partial charge in [-0.3, -0.25) is 4.79 Å². The molecule has 1 unspecified atom stereocenters.